The Hall–Kier alpha value is -3.56. The topological polar surface area (TPSA) is 120 Å². The maximum atomic E-state index is 12.6. The first-order chi connectivity index (χ1) is 13.4. The largest absolute Gasteiger partial charge is 0.342 e. The van der Waals surface area contributed by atoms with Gasteiger partial charge >= 0.3 is 0 Å². The summed E-state index contributed by atoms with van der Waals surface area (Å²) in [6.45, 7) is 3.52. The third kappa shape index (κ3) is 4.05. The number of nitrogens with one attached hydrogen (secondary N) is 1. The van der Waals surface area contributed by atoms with Crippen molar-refractivity contribution in [1.82, 2.24) is 25.1 Å². The quantitative estimate of drug-likeness (QED) is 0.672. The average molecular weight is 436 g/mol. The predicted octanol–water partition coefficient (Wildman–Crippen LogP) is 2.97. The Bertz CT molecular complexity index is 1120. The lowest BCUT2D eigenvalue weighted by molar-refractivity contribution is 0.0937. The van der Waals surface area contributed by atoms with E-state index >= 15 is 0 Å². The SMILES string of the molecule is Cc1nc([C@H](C)NC(=O)c2cc(Br)cc(C#N)c2)n(-c2ccc(C#N)cn2)n1. The molecule has 28 heavy (non-hydrogen) atoms. The molecule has 2 heterocycles. The van der Waals surface area contributed by atoms with Crippen LogP contribution < -0.4 is 5.32 Å². The first-order valence-corrected chi connectivity index (χ1v) is 9.02. The molecule has 0 aliphatic carbocycles. The third-order valence-corrected chi connectivity index (χ3v) is 4.31. The number of rotatable bonds is 4. The number of carbonyl (C=O) groups excluding carboxylic acids is 1. The van der Waals surface area contributed by atoms with E-state index in [0.29, 0.717) is 38.6 Å². The zero-order valence-corrected chi connectivity index (χ0v) is 16.6. The highest BCUT2D eigenvalue weighted by atomic mass is 79.9. The monoisotopic (exact) mass is 435 g/mol. The summed E-state index contributed by atoms with van der Waals surface area (Å²) >= 11 is 3.30. The minimum absolute atomic E-state index is 0.342. The van der Waals surface area contributed by atoms with E-state index in [0.717, 1.165) is 0 Å². The minimum atomic E-state index is -0.476. The van der Waals surface area contributed by atoms with Crippen LogP contribution in [0.15, 0.2) is 41.0 Å². The zero-order valence-electron chi connectivity index (χ0n) is 15.0. The number of aryl methyl sites for hydroxylation is 1. The third-order valence-electron chi connectivity index (χ3n) is 3.86. The number of hydrogen-bond acceptors (Lipinski definition) is 6. The Balaban J connectivity index is 1.88. The molecule has 8 nitrogen and oxygen atoms in total. The molecule has 0 radical (unpaired) electrons. The van der Waals surface area contributed by atoms with Crippen molar-refractivity contribution in [3.8, 4) is 18.0 Å². The lowest BCUT2D eigenvalue weighted by Crippen LogP contribution is -2.29. The molecule has 1 amide bonds. The number of hydrogen-bond donors (Lipinski definition) is 1. The lowest BCUT2D eigenvalue weighted by Gasteiger charge is -2.14. The molecule has 1 aromatic carbocycles. The van der Waals surface area contributed by atoms with Crippen LogP contribution in [-0.4, -0.2) is 25.7 Å². The van der Waals surface area contributed by atoms with Crippen molar-refractivity contribution in [3.63, 3.8) is 0 Å². The van der Waals surface area contributed by atoms with Gasteiger partial charge in [-0.25, -0.2) is 9.97 Å². The highest BCUT2D eigenvalue weighted by Crippen LogP contribution is 2.18. The zero-order chi connectivity index (χ0) is 20.3. The van der Waals surface area contributed by atoms with Crippen LogP contribution in [0.1, 0.15) is 46.1 Å². The summed E-state index contributed by atoms with van der Waals surface area (Å²) in [5.74, 6) is 1.17. The smallest absolute Gasteiger partial charge is 0.251 e. The Kier molecular flexibility index (Phi) is 5.48. The molecule has 1 atom stereocenters. The molecule has 138 valence electrons. The van der Waals surface area contributed by atoms with E-state index in [1.807, 2.05) is 12.1 Å². The highest BCUT2D eigenvalue weighted by Gasteiger charge is 2.20. The lowest BCUT2D eigenvalue weighted by atomic mass is 10.1. The number of amides is 1. The standard InChI is InChI=1S/C19H14BrN7O/c1-11(24-19(28)15-5-14(9-22)6-16(20)7-15)18-25-12(2)26-27(18)17-4-3-13(8-21)10-23-17/h3-7,10-11H,1-2H3,(H,24,28)/t11-/m0/s1. The average Bonchev–Trinajstić information content (AvgIpc) is 3.09. The van der Waals surface area contributed by atoms with E-state index in [4.69, 9.17) is 10.5 Å². The van der Waals surface area contributed by atoms with Crippen molar-refractivity contribution in [3.05, 3.63) is 69.3 Å². The molecule has 0 fully saturated rings. The molecule has 0 unspecified atom stereocenters. The second kappa shape index (κ2) is 7.99. The fourth-order valence-corrected chi connectivity index (χ4v) is 3.08. The molecule has 0 saturated heterocycles. The van der Waals surface area contributed by atoms with Gasteiger partial charge in [0, 0.05) is 16.2 Å². The van der Waals surface area contributed by atoms with E-state index in [2.05, 4.69) is 36.3 Å². The number of aromatic nitrogens is 4. The maximum Gasteiger partial charge on any atom is 0.251 e. The second-order valence-electron chi connectivity index (χ2n) is 5.98. The number of nitriles is 2. The van der Waals surface area contributed by atoms with Gasteiger partial charge in [0.05, 0.1) is 23.2 Å². The number of halogens is 1. The van der Waals surface area contributed by atoms with E-state index in [9.17, 15) is 4.79 Å². The van der Waals surface area contributed by atoms with Crippen molar-refractivity contribution < 1.29 is 4.79 Å². The Labute approximate surface area is 169 Å². The predicted molar refractivity (Wildman–Crippen MR) is 103 cm³/mol. The Morgan fingerprint density at radius 3 is 2.61 bits per heavy atom. The summed E-state index contributed by atoms with van der Waals surface area (Å²) in [6, 6.07) is 11.7. The van der Waals surface area contributed by atoms with Crippen LogP contribution >= 0.6 is 15.9 Å². The van der Waals surface area contributed by atoms with Gasteiger partial charge in [0.2, 0.25) is 0 Å². The first-order valence-electron chi connectivity index (χ1n) is 8.23. The fraction of sp³-hybridized carbons (Fsp3) is 0.158. The van der Waals surface area contributed by atoms with Crippen LogP contribution in [0.25, 0.3) is 5.82 Å². The van der Waals surface area contributed by atoms with E-state index in [1.165, 1.54) is 16.9 Å². The summed E-state index contributed by atoms with van der Waals surface area (Å²) in [4.78, 5) is 21.3. The van der Waals surface area contributed by atoms with Crippen LogP contribution in [0.4, 0.5) is 0 Å². The van der Waals surface area contributed by atoms with Gasteiger partial charge in [-0.2, -0.15) is 15.2 Å². The van der Waals surface area contributed by atoms with Crippen LogP contribution in [0.2, 0.25) is 0 Å². The van der Waals surface area contributed by atoms with Gasteiger partial charge < -0.3 is 5.32 Å². The highest BCUT2D eigenvalue weighted by molar-refractivity contribution is 9.10. The number of nitrogens with zero attached hydrogens (tertiary/aromatic N) is 6. The van der Waals surface area contributed by atoms with Gasteiger partial charge in [0.25, 0.3) is 5.91 Å². The van der Waals surface area contributed by atoms with Crippen LogP contribution in [0.3, 0.4) is 0 Å². The Morgan fingerprint density at radius 2 is 1.96 bits per heavy atom. The van der Waals surface area contributed by atoms with Gasteiger partial charge in [-0.3, -0.25) is 4.79 Å². The minimum Gasteiger partial charge on any atom is -0.342 e. The molecular weight excluding hydrogens is 422 g/mol. The van der Waals surface area contributed by atoms with Crippen molar-refractivity contribution >= 4 is 21.8 Å². The normalized spacial score (nSPS) is 11.3. The molecule has 0 aliphatic heterocycles. The van der Waals surface area contributed by atoms with Crippen molar-refractivity contribution in [2.24, 2.45) is 0 Å². The number of pyridine rings is 1. The summed E-state index contributed by atoms with van der Waals surface area (Å²) in [6.07, 6.45) is 1.45. The van der Waals surface area contributed by atoms with Gasteiger partial charge in [0.1, 0.15) is 11.9 Å². The summed E-state index contributed by atoms with van der Waals surface area (Å²) in [7, 11) is 0. The molecule has 3 rings (SSSR count). The summed E-state index contributed by atoms with van der Waals surface area (Å²) in [5.41, 5.74) is 1.18. The fourth-order valence-electron chi connectivity index (χ4n) is 2.59. The first kappa shape index (κ1) is 19.2. The molecule has 9 heteroatoms. The van der Waals surface area contributed by atoms with Gasteiger partial charge in [-0.15, -0.1) is 5.10 Å². The van der Waals surface area contributed by atoms with Gasteiger partial charge in [0.15, 0.2) is 11.6 Å². The van der Waals surface area contributed by atoms with Gasteiger partial charge in [-0.1, -0.05) is 15.9 Å². The van der Waals surface area contributed by atoms with E-state index in [1.54, 1.807) is 38.1 Å². The molecule has 2 aromatic heterocycles. The molecule has 0 aliphatic rings. The van der Waals surface area contributed by atoms with Crippen molar-refractivity contribution in [2.75, 3.05) is 0 Å². The van der Waals surface area contributed by atoms with E-state index in [-0.39, 0.29) is 5.91 Å². The number of carbonyl (C=O) groups is 1. The maximum absolute atomic E-state index is 12.6. The molecule has 0 bridgehead atoms. The van der Waals surface area contributed by atoms with E-state index < -0.39 is 6.04 Å². The Morgan fingerprint density at radius 1 is 1.21 bits per heavy atom. The molecule has 0 spiro atoms. The van der Waals surface area contributed by atoms with Crippen molar-refractivity contribution in [2.45, 2.75) is 19.9 Å². The summed E-state index contributed by atoms with van der Waals surface area (Å²) < 4.78 is 2.17. The molecular formula is C19H14BrN7O. The summed E-state index contributed by atoms with van der Waals surface area (Å²) in [5, 5.41) is 25.2. The molecule has 0 saturated carbocycles. The number of benzene rings is 1. The van der Waals surface area contributed by atoms with Crippen LogP contribution in [0.5, 0.6) is 0 Å². The van der Waals surface area contributed by atoms with Crippen LogP contribution in [-0.2, 0) is 0 Å². The second-order valence-corrected chi connectivity index (χ2v) is 6.90. The molecule has 1 N–H and O–H groups in total. The van der Waals surface area contributed by atoms with Gasteiger partial charge in [-0.05, 0) is 44.2 Å². The van der Waals surface area contributed by atoms with Crippen LogP contribution in [0, 0.1) is 29.6 Å². The van der Waals surface area contributed by atoms with Crippen molar-refractivity contribution in [1.29, 1.82) is 10.5 Å². The molecule has 3 aromatic rings.